The van der Waals surface area contributed by atoms with Crippen molar-refractivity contribution >= 4 is 11.6 Å². The molecule has 1 atom stereocenters. The molecule has 2 aromatic rings. The molecular weight excluding hydrogens is 288 g/mol. The van der Waals surface area contributed by atoms with E-state index >= 15 is 0 Å². The smallest absolute Gasteiger partial charge is 0.138 e. The maximum absolute atomic E-state index is 9.82. The molecular formula is C16H19ClN2O2. The molecule has 5 heteroatoms. The molecule has 0 aliphatic carbocycles. The van der Waals surface area contributed by atoms with Gasteiger partial charge in [-0.1, -0.05) is 29.8 Å². The predicted molar refractivity (Wildman–Crippen MR) is 83.3 cm³/mol. The summed E-state index contributed by atoms with van der Waals surface area (Å²) in [6.07, 6.45) is 2.47. The minimum absolute atomic E-state index is 0.0845. The molecule has 0 amide bonds. The third-order valence-electron chi connectivity index (χ3n) is 3.30. The van der Waals surface area contributed by atoms with Crippen LogP contribution < -0.4 is 5.32 Å². The normalized spacial score (nSPS) is 12.3. The Morgan fingerprint density at radius 1 is 1.19 bits per heavy atom. The molecule has 0 aliphatic heterocycles. The number of benzene rings is 1. The molecule has 0 fully saturated rings. The number of para-hydroxylation sites is 1. The molecule has 0 saturated carbocycles. The maximum Gasteiger partial charge on any atom is 0.138 e. The number of phenolic OH excluding ortho intramolecular Hbond substituents is 1. The minimum atomic E-state index is 0.0845. The number of aromatic hydroxyl groups is 1. The van der Waals surface area contributed by atoms with Crippen molar-refractivity contribution in [1.29, 1.82) is 0 Å². The van der Waals surface area contributed by atoms with Crippen LogP contribution in [0.25, 0.3) is 0 Å². The molecule has 0 spiro atoms. The number of aliphatic hydroxyl groups excluding tert-OH is 1. The Labute approximate surface area is 129 Å². The quantitative estimate of drug-likeness (QED) is 0.735. The van der Waals surface area contributed by atoms with Crippen LogP contribution in [0.1, 0.15) is 11.3 Å². The number of aromatic nitrogens is 1. The van der Waals surface area contributed by atoms with Crippen molar-refractivity contribution in [3.63, 3.8) is 0 Å². The van der Waals surface area contributed by atoms with E-state index in [9.17, 15) is 10.2 Å². The summed E-state index contributed by atoms with van der Waals surface area (Å²) in [7, 11) is 0. The molecule has 21 heavy (non-hydrogen) atoms. The summed E-state index contributed by atoms with van der Waals surface area (Å²) >= 11 is 5.86. The standard InChI is InChI=1S/C16H19ClN2O2/c17-15-6-3-4-13(16(15)21)10-18-9-12(11-20)8-14-5-1-2-7-19-14/h1-7,12,18,20-21H,8-11H2. The average molecular weight is 307 g/mol. The van der Waals surface area contributed by atoms with Crippen molar-refractivity contribution in [1.82, 2.24) is 10.3 Å². The molecule has 0 radical (unpaired) electrons. The second-order valence-corrected chi connectivity index (χ2v) is 5.36. The first-order valence-electron chi connectivity index (χ1n) is 6.88. The van der Waals surface area contributed by atoms with Crippen molar-refractivity contribution < 1.29 is 10.2 Å². The number of phenols is 1. The van der Waals surface area contributed by atoms with Crippen LogP contribution in [0.4, 0.5) is 0 Å². The third-order valence-corrected chi connectivity index (χ3v) is 3.61. The molecule has 4 nitrogen and oxygen atoms in total. The summed E-state index contributed by atoms with van der Waals surface area (Å²) in [6.45, 7) is 1.23. The molecule has 3 N–H and O–H groups in total. The molecule has 1 aromatic carbocycles. The summed E-state index contributed by atoms with van der Waals surface area (Å²) in [5, 5.41) is 22.9. The maximum atomic E-state index is 9.82. The van der Waals surface area contributed by atoms with Gasteiger partial charge in [-0.3, -0.25) is 4.98 Å². The van der Waals surface area contributed by atoms with Crippen molar-refractivity contribution in [3.8, 4) is 5.75 Å². The number of hydrogen-bond donors (Lipinski definition) is 3. The number of pyridine rings is 1. The SMILES string of the molecule is OCC(CNCc1cccc(Cl)c1O)Cc1ccccn1. The number of rotatable bonds is 7. The number of nitrogens with zero attached hydrogens (tertiary/aromatic N) is 1. The van der Waals surface area contributed by atoms with E-state index in [0.29, 0.717) is 24.5 Å². The highest BCUT2D eigenvalue weighted by molar-refractivity contribution is 6.32. The van der Waals surface area contributed by atoms with Crippen molar-refractivity contribution in [2.75, 3.05) is 13.2 Å². The zero-order valence-corrected chi connectivity index (χ0v) is 12.4. The lowest BCUT2D eigenvalue weighted by atomic mass is 10.0. The Kier molecular flexibility index (Phi) is 5.99. The zero-order valence-electron chi connectivity index (χ0n) is 11.7. The Morgan fingerprint density at radius 2 is 2.05 bits per heavy atom. The molecule has 112 valence electrons. The third kappa shape index (κ3) is 4.70. The summed E-state index contributed by atoms with van der Waals surface area (Å²) in [6, 6.07) is 11.0. The van der Waals surface area contributed by atoms with Crippen LogP contribution in [-0.2, 0) is 13.0 Å². The number of halogens is 1. The van der Waals surface area contributed by atoms with Gasteiger partial charge in [0.2, 0.25) is 0 Å². The highest BCUT2D eigenvalue weighted by Crippen LogP contribution is 2.26. The van der Waals surface area contributed by atoms with Gasteiger partial charge in [0.25, 0.3) is 0 Å². The second-order valence-electron chi connectivity index (χ2n) is 4.95. The van der Waals surface area contributed by atoms with Crippen LogP contribution in [0.3, 0.4) is 0 Å². The lowest BCUT2D eigenvalue weighted by molar-refractivity contribution is 0.220. The van der Waals surface area contributed by atoms with E-state index in [-0.39, 0.29) is 18.3 Å². The lowest BCUT2D eigenvalue weighted by Crippen LogP contribution is -2.26. The van der Waals surface area contributed by atoms with Gasteiger partial charge >= 0.3 is 0 Å². The second kappa shape index (κ2) is 7.98. The lowest BCUT2D eigenvalue weighted by Gasteiger charge is -2.15. The molecule has 1 heterocycles. The van der Waals surface area contributed by atoms with E-state index in [1.54, 1.807) is 18.3 Å². The number of aliphatic hydroxyl groups is 1. The van der Waals surface area contributed by atoms with Gasteiger partial charge in [-0.15, -0.1) is 0 Å². The van der Waals surface area contributed by atoms with Gasteiger partial charge < -0.3 is 15.5 Å². The van der Waals surface area contributed by atoms with Crippen LogP contribution in [0.2, 0.25) is 5.02 Å². The van der Waals surface area contributed by atoms with Crippen LogP contribution in [0.15, 0.2) is 42.6 Å². The molecule has 0 saturated heterocycles. The van der Waals surface area contributed by atoms with Crippen molar-refractivity contribution in [2.24, 2.45) is 5.92 Å². The first-order valence-corrected chi connectivity index (χ1v) is 7.26. The van der Waals surface area contributed by atoms with E-state index in [1.165, 1.54) is 0 Å². The predicted octanol–water partition coefficient (Wildman–Crippen LogP) is 2.38. The van der Waals surface area contributed by atoms with Crippen LogP contribution in [-0.4, -0.2) is 28.3 Å². The fraction of sp³-hybridized carbons (Fsp3) is 0.312. The van der Waals surface area contributed by atoms with Gasteiger partial charge in [0.05, 0.1) is 5.02 Å². The van der Waals surface area contributed by atoms with E-state index in [1.807, 2.05) is 24.3 Å². The van der Waals surface area contributed by atoms with Gasteiger partial charge in [0, 0.05) is 37.2 Å². The monoisotopic (exact) mass is 306 g/mol. The minimum Gasteiger partial charge on any atom is -0.506 e. The van der Waals surface area contributed by atoms with E-state index in [4.69, 9.17) is 11.6 Å². The molecule has 1 aromatic heterocycles. The van der Waals surface area contributed by atoms with Gasteiger partial charge in [0.15, 0.2) is 0 Å². The fourth-order valence-corrected chi connectivity index (χ4v) is 2.32. The molecule has 0 bridgehead atoms. The molecule has 2 rings (SSSR count). The summed E-state index contributed by atoms with van der Waals surface area (Å²) in [4.78, 5) is 4.26. The largest absolute Gasteiger partial charge is 0.506 e. The summed E-state index contributed by atoms with van der Waals surface area (Å²) in [5.41, 5.74) is 1.71. The summed E-state index contributed by atoms with van der Waals surface area (Å²) < 4.78 is 0. The van der Waals surface area contributed by atoms with Crippen molar-refractivity contribution in [3.05, 3.63) is 58.9 Å². The van der Waals surface area contributed by atoms with E-state index in [2.05, 4.69) is 10.3 Å². The molecule has 1 unspecified atom stereocenters. The zero-order chi connectivity index (χ0) is 15.1. The Balaban J connectivity index is 1.85. The van der Waals surface area contributed by atoms with Crippen LogP contribution in [0, 0.1) is 5.92 Å². The Hall–Kier alpha value is -1.62. The topological polar surface area (TPSA) is 65.4 Å². The number of hydrogen-bond acceptors (Lipinski definition) is 4. The summed E-state index contributed by atoms with van der Waals surface area (Å²) in [5.74, 6) is 0.193. The van der Waals surface area contributed by atoms with Crippen molar-refractivity contribution in [2.45, 2.75) is 13.0 Å². The Bertz CT molecular complexity index is 563. The van der Waals surface area contributed by atoms with Crippen LogP contribution in [0.5, 0.6) is 5.75 Å². The first-order chi connectivity index (χ1) is 10.2. The highest BCUT2D eigenvalue weighted by Gasteiger charge is 2.10. The van der Waals surface area contributed by atoms with Crippen LogP contribution >= 0.6 is 11.6 Å². The average Bonchev–Trinajstić information content (AvgIpc) is 2.51. The Morgan fingerprint density at radius 3 is 2.76 bits per heavy atom. The van der Waals surface area contributed by atoms with Gasteiger partial charge in [-0.25, -0.2) is 0 Å². The molecule has 0 aliphatic rings. The van der Waals surface area contributed by atoms with Gasteiger partial charge in [0.1, 0.15) is 5.75 Å². The highest BCUT2D eigenvalue weighted by atomic mass is 35.5. The van der Waals surface area contributed by atoms with Gasteiger partial charge in [-0.2, -0.15) is 0 Å². The van der Waals surface area contributed by atoms with Gasteiger partial charge in [-0.05, 0) is 30.5 Å². The number of nitrogens with one attached hydrogen (secondary N) is 1. The van der Waals surface area contributed by atoms with E-state index < -0.39 is 0 Å². The fourth-order valence-electron chi connectivity index (χ4n) is 2.13. The van der Waals surface area contributed by atoms with E-state index in [0.717, 1.165) is 11.3 Å². The first kappa shape index (κ1) is 15.8.